The van der Waals surface area contributed by atoms with Gasteiger partial charge in [-0.15, -0.1) is 0 Å². The van der Waals surface area contributed by atoms with Crippen LogP contribution in [0.15, 0.2) is 12.3 Å². The van der Waals surface area contributed by atoms with Gasteiger partial charge in [0.05, 0.1) is 0 Å². The summed E-state index contributed by atoms with van der Waals surface area (Å²) < 4.78 is 0. The fourth-order valence-electron chi connectivity index (χ4n) is 0.595. The molecule has 3 heteroatoms. The van der Waals surface area contributed by atoms with E-state index in [0.717, 1.165) is 12.8 Å². The van der Waals surface area contributed by atoms with Gasteiger partial charge in [-0.2, -0.15) is 0 Å². The summed E-state index contributed by atoms with van der Waals surface area (Å²) in [5, 5.41) is 2.86. The molecule has 0 unspecified atom stereocenters. The molecule has 0 atom stereocenters. The average Bonchev–Trinajstić information content (AvgIpc) is 1.87. The first-order chi connectivity index (χ1) is 4.77. The summed E-state index contributed by atoms with van der Waals surface area (Å²) in [5.41, 5.74) is 4.93. The van der Waals surface area contributed by atoms with Gasteiger partial charge < -0.3 is 11.1 Å². The normalized spacial score (nSPS) is 10.1. The van der Waals surface area contributed by atoms with E-state index in [-0.39, 0.29) is 5.91 Å². The second-order valence-corrected chi connectivity index (χ2v) is 2.05. The number of nitrogens with two attached hydrogens (primary N) is 1. The van der Waals surface area contributed by atoms with Crippen LogP contribution in [0, 0.1) is 0 Å². The largest absolute Gasteiger partial charge is 0.394 e. The van der Waals surface area contributed by atoms with Gasteiger partial charge in [-0.05, 0) is 19.0 Å². The third kappa shape index (κ3) is 7.01. The Morgan fingerprint density at radius 2 is 2.40 bits per heavy atom. The van der Waals surface area contributed by atoms with Crippen LogP contribution < -0.4 is 11.1 Å². The molecular weight excluding hydrogens is 128 g/mol. The number of hydrogen-bond donors (Lipinski definition) is 2. The second-order valence-electron chi connectivity index (χ2n) is 2.05. The maximum Gasteiger partial charge on any atom is 0.217 e. The van der Waals surface area contributed by atoms with Crippen molar-refractivity contribution in [1.29, 1.82) is 0 Å². The van der Waals surface area contributed by atoms with Crippen molar-refractivity contribution in [3.05, 3.63) is 12.3 Å². The minimum absolute atomic E-state index is 0.224. The summed E-state index contributed by atoms with van der Waals surface area (Å²) in [7, 11) is 1.84. The van der Waals surface area contributed by atoms with Crippen molar-refractivity contribution >= 4 is 5.91 Å². The van der Waals surface area contributed by atoms with Crippen LogP contribution in [0.5, 0.6) is 0 Å². The first-order valence-corrected chi connectivity index (χ1v) is 3.38. The summed E-state index contributed by atoms with van der Waals surface area (Å²) in [6, 6.07) is 0. The van der Waals surface area contributed by atoms with E-state index < -0.39 is 0 Å². The number of unbranched alkanes of at least 4 members (excludes halogenated alkanes) is 1. The van der Waals surface area contributed by atoms with Crippen LogP contribution in [0.3, 0.4) is 0 Å². The van der Waals surface area contributed by atoms with Gasteiger partial charge in [-0.3, -0.25) is 4.79 Å². The molecule has 3 N–H and O–H groups in total. The standard InChI is InChI=1S/C7H14N2O/c1-9-6-4-2-3-5-7(8)10/h4,6,9H,2-3,5H2,1H3,(H2,8,10)/b6-4-. The van der Waals surface area contributed by atoms with Crippen molar-refractivity contribution in [3.8, 4) is 0 Å². The highest BCUT2D eigenvalue weighted by atomic mass is 16.1. The second kappa shape index (κ2) is 6.13. The molecule has 0 saturated heterocycles. The van der Waals surface area contributed by atoms with Gasteiger partial charge >= 0.3 is 0 Å². The molecule has 0 aliphatic carbocycles. The fourth-order valence-corrected chi connectivity index (χ4v) is 0.595. The number of hydrogen-bond acceptors (Lipinski definition) is 2. The van der Waals surface area contributed by atoms with Crippen molar-refractivity contribution in [2.45, 2.75) is 19.3 Å². The van der Waals surface area contributed by atoms with Crippen LogP contribution in [-0.4, -0.2) is 13.0 Å². The SMILES string of the molecule is CN/C=C\CCCC(N)=O. The number of nitrogens with one attached hydrogen (secondary N) is 1. The minimum atomic E-state index is -0.224. The predicted octanol–water partition coefficient (Wildman–Crippen LogP) is 0.375. The number of amides is 1. The highest BCUT2D eigenvalue weighted by Gasteiger charge is 1.89. The minimum Gasteiger partial charge on any atom is -0.394 e. The van der Waals surface area contributed by atoms with E-state index in [0.29, 0.717) is 6.42 Å². The number of carbonyl (C=O) groups excluding carboxylic acids is 1. The number of carbonyl (C=O) groups is 1. The quantitative estimate of drug-likeness (QED) is 0.545. The Morgan fingerprint density at radius 1 is 1.70 bits per heavy atom. The first-order valence-electron chi connectivity index (χ1n) is 3.38. The lowest BCUT2D eigenvalue weighted by Gasteiger charge is -1.90. The third-order valence-electron chi connectivity index (χ3n) is 1.08. The van der Waals surface area contributed by atoms with Gasteiger partial charge in [0.25, 0.3) is 0 Å². The van der Waals surface area contributed by atoms with Gasteiger partial charge in [0.1, 0.15) is 0 Å². The third-order valence-corrected chi connectivity index (χ3v) is 1.08. The van der Waals surface area contributed by atoms with Gasteiger partial charge in [0.2, 0.25) is 5.91 Å². The van der Waals surface area contributed by atoms with E-state index in [1.807, 2.05) is 19.3 Å². The van der Waals surface area contributed by atoms with E-state index in [4.69, 9.17) is 5.73 Å². The highest BCUT2D eigenvalue weighted by molar-refractivity contribution is 5.73. The number of primary amides is 1. The molecule has 0 aromatic rings. The molecule has 0 aromatic carbocycles. The lowest BCUT2D eigenvalue weighted by molar-refractivity contribution is -0.118. The Hall–Kier alpha value is -0.990. The van der Waals surface area contributed by atoms with Crippen LogP contribution in [0.1, 0.15) is 19.3 Å². The van der Waals surface area contributed by atoms with E-state index >= 15 is 0 Å². The Bertz CT molecular complexity index is 121. The van der Waals surface area contributed by atoms with E-state index in [1.54, 1.807) is 0 Å². The summed E-state index contributed by atoms with van der Waals surface area (Å²) in [5.74, 6) is -0.224. The Balaban J connectivity index is 3.05. The van der Waals surface area contributed by atoms with Crippen molar-refractivity contribution < 1.29 is 4.79 Å². The number of allylic oxidation sites excluding steroid dienone is 1. The molecule has 58 valence electrons. The fraction of sp³-hybridized carbons (Fsp3) is 0.571. The van der Waals surface area contributed by atoms with Crippen molar-refractivity contribution in [1.82, 2.24) is 5.32 Å². The molecule has 3 nitrogen and oxygen atoms in total. The van der Waals surface area contributed by atoms with E-state index in [1.165, 1.54) is 0 Å². The Kier molecular flexibility index (Phi) is 5.53. The Labute approximate surface area is 61.3 Å². The molecule has 0 spiro atoms. The molecule has 0 fully saturated rings. The van der Waals surface area contributed by atoms with Crippen LogP contribution in [-0.2, 0) is 4.79 Å². The van der Waals surface area contributed by atoms with Crippen LogP contribution in [0.2, 0.25) is 0 Å². The van der Waals surface area contributed by atoms with Gasteiger partial charge in [-0.25, -0.2) is 0 Å². The molecule has 0 rings (SSSR count). The van der Waals surface area contributed by atoms with Gasteiger partial charge in [-0.1, -0.05) is 6.08 Å². The van der Waals surface area contributed by atoms with Gasteiger partial charge in [0.15, 0.2) is 0 Å². The lowest BCUT2D eigenvalue weighted by Crippen LogP contribution is -2.09. The molecule has 0 radical (unpaired) electrons. The molecule has 1 amide bonds. The zero-order chi connectivity index (χ0) is 7.82. The molecule has 10 heavy (non-hydrogen) atoms. The zero-order valence-electron chi connectivity index (χ0n) is 6.26. The van der Waals surface area contributed by atoms with Crippen molar-refractivity contribution in [2.24, 2.45) is 5.73 Å². The molecule has 0 bridgehead atoms. The Morgan fingerprint density at radius 3 is 2.90 bits per heavy atom. The van der Waals surface area contributed by atoms with Crippen molar-refractivity contribution in [2.75, 3.05) is 7.05 Å². The molecular formula is C7H14N2O. The number of rotatable bonds is 5. The smallest absolute Gasteiger partial charge is 0.217 e. The molecule has 0 aliphatic rings. The summed E-state index contributed by atoms with van der Waals surface area (Å²) >= 11 is 0. The molecule has 0 saturated carbocycles. The molecule has 0 heterocycles. The van der Waals surface area contributed by atoms with Crippen LogP contribution >= 0.6 is 0 Å². The maximum absolute atomic E-state index is 10.2. The highest BCUT2D eigenvalue weighted by Crippen LogP contribution is 1.93. The van der Waals surface area contributed by atoms with Gasteiger partial charge in [0, 0.05) is 13.5 Å². The van der Waals surface area contributed by atoms with Crippen molar-refractivity contribution in [3.63, 3.8) is 0 Å². The molecule has 0 aromatic heterocycles. The maximum atomic E-state index is 10.2. The first kappa shape index (κ1) is 9.01. The predicted molar refractivity (Wildman–Crippen MR) is 41.2 cm³/mol. The summed E-state index contributed by atoms with van der Waals surface area (Å²) in [6.45, 7) is 0. The zero-order valence-corrected chi connectivity index (χ0v) is 6.26. The summed E-state index contributed by atoms with van der Waals surface area (Å²) in [6.07, 6.45) is 6.05. The van der Waals surface area contributed by atoms with E-state index in [9.17, 15) is 4.79 Å². The monoisotopic (exact) mass is 142 g/mol. The molecule has 0 aliphatic heterocycles. The van der Waals surface area contributed by atoms with Crippen LogP contribution in [0.4, 0.5) is 0 Å². The summed E-state index contributed by atoms with van der Waals surface area (Å²) in [4.78, 5) is 10.2. The topological polar surface area (TPSA) is 55.1 Å². The van der Waals surface area contributed by atoms with Crippen LogP contribution in [0.25, 0.3) is 0 Å². The van der Waals surface area contributed by atoms with E-state index in [2.05, 4.69) is 5.32 Å². The lowest BCUT2D eigenvalue weighted by atomic mass is 10.2. The average molecular weight is 142 g/mol.